The molecule has 0 heterocycles. The Hall–Kier alpha value is -0.0800. The highest BCUT2D eigenvalue weighted by atomic mass is 16.5. The maximum Gasteiger partial charge on any atom is 0.0746 e. The fourth-order valence-electron chi connectivity index (χ4n) is 2.63. The molecule has 1 saturated carbocycles. The topological polar surface area (TPSA) is 21.3 Å². The third-order valence-corrected chi connectivity index (χ3v) is 4.32. The first-order valence-corrected chi connectivity index (χ1v) is 7.03. The van der Waals surface area contributed by atoms with Crippen LogP contribution in [-0.4, -0.2) is 25.3 Å². The number of methoxy groups -OCH3 is 1. The van der Waals surface area contributed by atoms with Gasteiger partial charge in [0.05, 0.1) is 5.60 Å². The van der Waals surface area contributed by atoms with Crippen LogP contribution in [0.4, 0.5) is 0 Å². The van der Waals surface area contributed by atoms with Crippen LogP contribution in [0, 0.1) is 11.3 Å². The van der Waals surface area contributed by atoms with Gasteiger partial charge in [-0.05, 0) is 50.9 Å². The predicted molar refractivity (Wildman–Crippen MR) is 74.3 cm³/mol. The summed E-state index contributed by atoms with van der Waals surface area (Å²) < 4.78 is 5.44. The Morgan fingerprint density at radius 3 is 1.94 bits per heavy atom. The molecule has 1 N–H and O–H groups in total. The zero-order valence-electron chi connectivity index (χ0n) is 12.6. The highest BCUT2D eigenvalue weighted by Gasteiger charge is 2.30. The standard InChI is InChI=1S/C15H31NO/c1-14(2,3)12-7-9-13(10-8-12)16-11-15(4,5)17-6/h12-13,16H,7-11H2,1-6H3. The van der Waals surface area contributed by atoms with Gasteiger partial charge in [-0.2, -0.15) is 0 Å². The molecule has 0 bridgehead atoms. The summed E-state index contributed by atoms with van der Waals surface area (Å²) >= 11 is 0. The Morgan fingerprint density at radius 2 is 1.53 bits per heavy atom. The van der Waals surface area contributed by atoms with E-state index in [9.17, 15) is 0 Å². The smallest absolute Gasteiger partial charge is 0.0746 e. The third-order valence-electron chi connectivity index (χ3n) is 4.32. The Bertz CT molecular complexity index is 222. The quantitative estimate of drug-likeness (QED) is 0.812. The summed E-state index contributed by atoms with van der Waals surface area (Å²) in [5.41, 5.74) is 0.442. The number of ether oxygens (including phenoxy) is 1. The molecule has 17 heavy (non-hydrogen) atoms. The molecule has 0 aromatic heterocycles. The van der Waals surface area contributed by atoms with Crippen molar-refractivity contribution in [2.75, 3.05) is 13.7 Å². The summed E-state index contributed by atoms with van der Waals surface area (Å²) in [4.78, 5) is 0. The van der Waals surface area contributed by atoms with Crippen molar-refractivity contribution >= 4 is 0 Å². The fourth-order valence-corrected chi connectivity index (χ4v) is 2.63. The Kier molecular flexibility index (Phi) is 5.03. The largest absolute Gasteiger partial charge is 0.377 e. The van der Waals surface area contributed by atoms with E-state index in [-0.39, 0.29) is 5.60 Å². The Morgan fingerprint density at radius 1 is 1.00 bits per heavy atom. The highest BCUT2D eigenvalue weighted by Crippen LogP contribution is 2.37. The van der Waals surface area contributed by atoms with Gasteiger partial charge in [-0.25, -0.2) is 0 Å². The average Bonchev–Trinajstić information content (AvgIpc) is 2.26. The summed E-state index contributed by atoms with van der Waals surface area (Å²) in [5.74, 6) is 0.899. The van der Waals surface area contributed by atoms with Crippen molar-refractivity contribution in [3.63, 3.8) is 0 Å². The minimum atomic E-state index is -0.0408. The maximum atomic E-state index is 5.44. The van der Waals surface area contributed by atoms with Crippen LogP contribution in [0.15, 0.2) is 0 Å². The number of nitrogens with one attached hydrogen (secondary N) is 1. The first kappa shape index (κ1) is 15.0. The SMILES string of the molecule is COC(C)(C)CNC1CCC(C(C)(C)C)CC1. The van der Waals surface area contributed by atoms with Crippen LogP contribution < -0.4 is 5.32 Å². The lowest BCUT2D eigenvalue weighted by Gasteiger charge is -2.38. The lowest BCUT2D eigenvalue weighted by atomic mass is 9.71. The Labute approximate surface area is 108 Å². The average molecular weight is 241 g/mol. The molecule has 0 unspecified atom stereocenters. The fraction of sp³-hybridized carbons (Fsp3) is 1.00. The second-order valence-corrected chi connectivity index (χ2v) is 7.26. The number of hydrogen-bond acceptors (Lipinski definition) is 2. The summed E-state index contributed by atoms with van der Waals surface area (Å²) in [6.07, 6.45) is 5.38. The second-order valence-electron chi connectivity index (χ2n) is 7.26. The molecule has 0 saturated heterocycles. The second kappa shape index (κ2) is 5.71. The van der Waals surface area contributed by atoms with E-state index in [2.05, 4.69) is 39.9 Å². The van der Waals surface area contributed by atoms with Gasteiger partial charge in [-0.15, -0.1) is 0 Å². The molecule has 0 spiro atoms. The predicted octanol–water partition coefficient (Wildman–Crippen LogP) is 3.61. The van der Waals surface area contributed by atoms with Crippen LogP contribution in [0.2, 0.25) is 0 Å². The van der Waals surface area contributed by atoms with Crippen LogP contribution in [0.5, 0.6) is 0 Å². The lowest BCUT2D eigenvalue weighted by molar-refractivity contribution is 0.0186. The molecule has 2 nitrogen and oxygen atoms in total. The van der Waals surface area contributed by atoms with Gasteiger partial charge in [0.2, 0.25) is 0 Å². The van der Waals surface area contributed by atoms with E-state index in [0.717, 1.165) is 12.5 Å². The van der Waals surface area contributed by atoms with Crippen molar-refractivity contribution in [2.45, 2.75) is 71.9 Å². The molecule has 0 atom stereocenters. The molecule has 0 amide bonds. The third kappa shape index (κ3) is 4.97. The van der Waals surface area contributed by atoms with E-state index >= 15 is 0 Å². The molecule has 0 aromatic carbocycles. The first-order valence-electron chi connectivity index (χ1n) is 7.03. The van der Waals surface area contributed by atoms with Crippen molar-refractivity contribution in [1.82, 2.24) is 5.32 Å². The summed E-state index contributed by atoms with van der Waals surface area (Å²) in [6.45, 7) is 12.4. The van der Waals surface area contributed by atoms with Crippen LogP contribution in [-0.2, 0) is 4.74 Å². The minimum absolute atomic E-state index is 0.0408. The molecule has 0 aliphatic heterocycles. The molecule has 0 aromatic rings. The molecular formula is C15H31NO. The van der Waals surface area contributed by atoms with Gasteiger partial charge in [0.15, 0.2) is 0 Å². The number of hydrogen-bond donors (Lipinski definition) is 1. The molecule has 1 aliphatic carbocycles. The van der Waals surface area contributed by atoms with Gasteiger partial charge in [0.1, 0.15) is 0 Å². The lowest BCUT2D eigenvalue weighted by Crippen LogP contribution is -2.44. The van der Waals surface area contributed by atoms with E-state index in [0.29, 0.717) is 11.5 Å². The zero-order chi connectivity index (χ0) is 13.1. The molecule has 1 rings (SSSR count). The normalized spacial score (nSPS) is 27.2. The van der Waals surface area contributed by atoms with Gasteiger partial charge in [-0.3, -0.25) is 0 Å². The first-order chi connectivity index (χ1) is 7.74. The van der Waals surface area contributed by atoms with Crippen molar-refractivity contribution in [3.05, 3.63) is 0 Å². The Balaban J connectivity index is 2.29. The van der Waals surface area contributed by atoms with E-state index in [1.54, 1.807) is 7.11 Å². The van der Waals surface area contributed by atoms with Crippen molar-refractivity contribution < 1.29 is 4.74 Å². The monoisotopic (exact) mass is 241 g/mol. The van der Waals surface area contributed by atoms with Gasteiger partial charge < -0.3 is 10.1 Å². The van der Waals surface area contributed by atoms with Gasteiger partial charge >= 0.3 is 0 Å². The maximum absolute atomic E-state index is 5.44. The van der Waals surface area contributed by atoms with Crippen molar-refractivity contribution in [2.24, 2.45) is 11.3 Å². The highest BCUT2D eigenvalue weighted by molar-refractivity contribution is 4.84. The molecule has 102 valence electrons. The van der Waals surface area contributed by atoms with Gasteiger partial charge in [0, 0.05) is 19.7 Å². The van der Waals surface area contributed by atoms with Crippen molar-refractivity contribution in [3.8, 4) is 0 Å². The summed E-state index contributed by atoms with van der Waals surface area (Å²) in [5, 5.41) is 3.66. The molecule has 2 heteroatoms. The molecule has 1 aliphatic rings. The molecular weight excluding hydrogens is 210 g/mol. The summed E-state index contributed by atoms with van der Waals surface area (Å²) in [7, 11) is 1.79. The molecule has 0 radical (unpaired) electrons. The van der Waals surface area contributed by atoms with E-state index in [1.807, 2.05) is 0 Å². The molecule has 1 fully saturated rings. The van der Waals surface area contributed by atoms with Gasteiger partial charge in [0.25, 0.3) is 0 Å². The van der Waals surface area contributed by atoms with E-state index in [1.165, 1.54) is 25.7 Å². The van der Waals surface area contributed by atoms with Crippen LogP contribution in [0.25, 0.3) is 0 Å². The van der Waals surface area contributed by atoms with Crippen LogP contribution in [0.3, 0.4) is 0 Å². The van der Waals surface area contributed by atoms with Gasteiger partial charge in [-0.1, -0.05) is 20.8 Å². The van der Waals surface area contributed by atoms with Crippen LogP contribution >= 0.6 is 0 Å². The van der Waals surface area contributed by atoms with E-state index < -0.39 is 0 Å². The van der Waals surface area contributed by atoms with Crippen LogP contribution in [0.1, 0.15) is 60.3 Å². The minimum Gasteiger partial charge on any atom is -0.377 e. The summed E-state index contributed by atoms with van der Waals surface area (Å²) in [6, 6.07) is 0.697. The van der Waals surface area contributed by atoms with E-state index in [4.69, 9.17) is 4.74 Å². The van der Waals surface area contributed by atoms with Crippen molar-refractivity contribution in [1.29, 1.82) is 0 Å². The number of rotatable bonds is 4. The zero-order valence-corrected chi connectivity index (χ0v) is 12.6.